The lowest BCUT2D eigenvalue weighted by atomic mass is 10.2. The van der Waals surface area contributed by atoms with Gasteiger partial charge in [-0.2, -0.15) is 0 Å². The lowest BCUT2D eigenvalue weighted by Crippen LogP contribution is -2.33. The predicted octanol–water partition coefficient (Wildman–Crippen LogP) is 4.11. The van der Waals surface area contributed by atoms with E-state index in [9.17, 15) is 9.18 Å². The van der Waals surface area contributed by atoms with Crippen molar-refractivity contribution in [2.75, 3.05) is 19.1 Å². The number of ether oxygens (including phenoxy) is 1. The lowest BCUT2D eigenvalue weighted by Gasteiger charge is -2.16. The van der Waals surface area contributed by atoms with Gasteiger partial charge < -0.3 is 10.1 Å². The van der Waals surface area contributed by atoms with Gasteiger partial charge in [0.1, 0.15) is 15.9 Å². The SMILES string of the molecule is COc1ccc(NCN2C(=O)/C(=C\c3ccccc3F)SC2=S)cc1. The standard InChI is InChI=1S/C18H15FN2O2S2/c1-23-14-8-6-13(7-9-14)20-11-21-17(22)16(25-18(21)24)10-12-4-2-3-5-15(12)19/h2-10,20H,11H2,1H3/b16-10+. The van der Waals surface area contributed by atoms with Gasteiger partial charge >= 0.3 is 0 Å². The summed E-state index contributed by atoms with van der Waals surface area (Å²) < 4.78 is 19.3. The number of nitrogens with one attached hydrogen (secondary N) is 1. The van der Waals surface area contributed by atoms with Crippen molar-refractivity contribution in [3.63, 3.8) is 0 Å². The van der Waals surface area contributed by atoms with Crippen molar-refractivity contribution < 1.29 is 13.9 Å². The molecule has 1 amide bonds. The summed E-state index contributed by atoms with van der Waals surface area (Å²) in [5.41, 5.74) is 1.21. The van der Waals surface area contributed by atoms with Gasteiger partial charge in [-0.25, -0.2) is 4.39 Å². The molecule has 1 N–H and O–H groups in total. The summed E-state index contributed by atoms with van der Waals surface area (Å²) in [6.07, 6.45) is 1.53. The van der Waals surface area contributed by atoms with Gasteiger partial charge in [0.25, 0.3) is 5.91 Å². The van der Waals surface area contributed by atoms with Crippen LogP contribution in [0.25, 0.3) is 6.08 Å². The molecule has 1 fully saturated rings. The number of halogens is 1. The Morgan fingerprint density at radius 3 is 2.64 bits per heavy atom. The van der Waals surface area contributed by atoms with Crippen LogP contribution in [0.5, 0.6) is 5.75 Å². The highest BCUT2D eigenvalue weighted by Gasteiger charge is 2.31. The number of carbonyl (C=O) groups is 1. The van der Waals surface area contributed by atoms with E-state index >= 15 is 0 Å². The molecule has 4 nitrogen and oxygen atoms in total. The van der Waals surface area contributed by atoms with Crippen molar-refractivity contribution in [1.82, 2.24) is 4.90 Å². The number of thioether (sulfide) groups is 1. The molecule has 1 heterocycles. The highest BCUT2D eigenvalue weighted by atomic mass is 32.2. The molecule has 0 aliphatic carbocycles. The van der Waals surface area contributed by atoms with E-state index in [0.717, 1.165) is 11.4 Å². The number of thiocarbonyl (C=S) groups is 1. The fourth-order valence-electron chi connectivity index (χ4n) is 2.25. The van der Waals surface area contributed by atoms with E-state index in [4.69, 9.17) is 17.0 Å². The first kappa shape index (κ1) is 17.4. The number of benzene rings is 2. The third-order valence-electron chi connectivity index (χ3n) is 3.60. The first-order chi connectivity index (χ1) is 12.1. The Kier molecular flexibility index (Phi) is 5.35. The zero-order chi connectivity index (χ0) is 17.8. The van der Waals surface area contributed by atoms with Crippen LogP contribution in [-0.2, 0) is 4.79 Å². The molecule has 0 bridgehead atoms. The van der Waals surface area contributed by atoms with E-state index in [2.05, 4.69) is 5.32 Å². The van der Waals surface area contributed by atoms with E-state index in [-0.39, 0.29) is 18.4 Å². The summed E-state index contributed by atoms with van der Waals surface area (Å²) in [5, 5.41) is 3.14. The molecule has 7 heteroatoms. The van der Waals surface area contributed by atoms with E-state index in [1.54, 1.807) is 25.3 Å². The summed E-state index contributed by atoms with van der Waals surface area (Å²) in [5.74, 6) is 0.146. The van der Waals surface area contributed by atoms with Gasteiger partial charge in [0, 0.05) is 11.3 Å². The van der Waals surface area contributed by atoms with Crippen LogP contribution in [-0.4, -0.2) is 28.9 Å². The number of methoxy groups -OCH3 is 1. The number of amides is 1. The molecule has 0 aromatic heterocycles. The minimum absolute atomic E-state index is 0.237. The highest BCUT2D eigenvalue weighted by Crippen LogP contribution is 2.32. The smallest absolute Gasteiger partial charge is 0.267 e. The molecule has 0 unspecified atom stereocenters. The molecule has 0 radical (unpaired) electrons. The van der Waals surface area contributed by atoms with Crippen LogP contribution in [0.15, 0.2) is 53.4 Å². The van der Waals surface area contributed by atoms with Gasteiger partial charge in [0.15, 0.2) is 0 Å². The van der Waals surface area contributed by atoms with Crippen molar-refractivity contribution in [2.24, 2.45) is 0 Å². The quantitative estimate of drug-likeness (QED) is 0.630. The van der Waals surface area contributed by atoms with Gasteiger partial charge in [-0.05, 0) is 36.4 Å². The number of hydrogen-bond acceptors (Lipinski definition) is 5. The zero-order valence-corrected chi connectivity index (χ0v) is 15.0. The highest BCUT2D eigenvalue weighted by molar-refractivity contribution is 8.26. The Morgan fingerprint density at radius 2 is 1.96 bits per heavy atom. The third-order valence-corrected chi connectivity index (χ3v) is 4.97. The van der Waals surface area contributed by atoms with E-state index < -0.39 is 0 Å². The van der Waals surface area contributed by atoms with Gasteiger partial charge in [0.05, 0.1) is 18.7 Å². The molecule has 1 saturated heterocycles. The Balaban J connectivity index is 1.70. The van der Waals surface area contributed by atoms with Crippen LogP contribution in [0.3, 0.4) is 0 Å². The molecule has 1 aliphatic rings. The second-order valence-electron chi connectivity index (χ2n) is 5.19. The van der Waals surface area contributed by atoms with E-state index in [1.807, 2.05) is 24.3 Å². The second-order valence-corrected chi connectivity index (χ2v) is 6.87. The van der Waals surface area contributed by atoms with Crippen LogP contribution >= 0.6 is 24.0 Å². The maximum atomic E-state index is 13.8. The van der Waals surface area contributed by atoms with Crippen molar-refractivity contribution in [3.05, 3.63) is 64.8 Å². The topological polar surface area (TPSA) is 41.6 Å². The molecule has 0 spiro atoms. The van der Waals surface area contributed by atoms with Crippen molar-refractivity contribution in [2.45, 2.75) is 0 Å². The van der Waals surface area contributed by atoms with Crippen molar-refractivity contribution >= 4 is 46.0 Å². The third kappa shape index (κ3) is 4.00. The average molecular weight is 374 g/mol. The molecule has 2 aromatic rings. The number of hydrogen-bond donors (Lipinski definition) is 1. The molecule has 25 heavy (non-hydrogen) atoms. The Bertz CT molecular complexity index is 837. The summed E-state index contributed by atoms with van der Waals surface area (Å²) in [6.45, 7) is 0.242. The number of carbonyl (C=O) groups excluding carboxylic acids is 1. The lowest BCUT2D eigenvalue weighted by molar-refractivity contribution is -0.121. The Morgan fingerprint density at radius 1 is 1.24 bits per heavy atom. The Labute approximate surface area is 154 Å². The van der Waals surface area contributed by atoms with Crippen LogP contribution in [0, 0.1) is 5.82 Å². The van der Waals surface area contributed by atoms with E-state index in [0.29, 0.717) is 14.8 Å². The molecule has 0 atom stereocenters. The van der Waals surface area contributed by atoms with Crippen LogP contribution in [0.4, 0.5) is 10.1 Å². The molecular formula is C18H15FN2O2S2. The minimum Gasteiger partial charge on any atom is -0.497 e. The van der Waals surface area contributed by atoms with Gasteiger partial charge in [-0.15, -0.1) is 0 Å². The van der Waals surface area contributed by atoms with Crippen LogP contribution in [0.2, 0.25) is 0 Å². The van der Waals surface area contributed by atoms with Gasteiger partial charge in [0.2, 0.25) is 0 Å². The first-order valence-corrected chi connectivity index (χ1v) is 8.69. The normalized spacial score (nSPS) is 15.8. The second kappa shape index (κ2) is 7.67. The number of nitrogens with zero attached hydrogens (tertiary/aromatic N) is 1. The molecule has 2 aromatic carbocycles. The number of anilines is 1. The van der Waals surface area contributed by atoms with Gasteiger partial charge in [-0.3, -0.25) is 9.69 Å². The largest absolute Gasteiger partial charge is 0.497 e. The van der Waals surface area contributed by atoms with Crippen molar-refractivity contribution in [3.8, 4) is 5.75 Å². The number of rotatable bonds is 5. The molecule has 1 aliphatic heterocycles. The summed E-state index contributed by atoms with van der Waals surface area (Å²) in [4.78, 5) is 14.4. The fraction of sp³-hybridized carbons (Fsp3) is 0.111. The monoisotopic (exact) mass is 374 g/mol. The first-order valence-electron chi connectivity index (χ1n) is 7.46. The average Bonchev–Trinajstić information content (AvgIpc) is 2.89. The molecule has 128 valence electrons. The van der Waals surface area contributed by atoms with Crippen LogP contribution < -0.4 is 10.1 Å². The maximum Gasteiger partial charge on any atom is 0.267 e. The molecule has 0 saturated carbocycles. The van der Waals surface area contributed by atoms with E-state index in [1.165, 1.54) is 28.8 Å². The summed E-state index contributed by atoms with van der Waals surface area (Å²) in [6, 6.07) is 13.7. The Hall–Kier alpha value is -2.38. The van der Waals surface area contributed by atoms with Crippen LogP contribution in [0.1, 0.15) is 5.56 Å². The fourth-order valence-corrected chi connectivity index (χ4v) is 3.49. The molecular weight excluding hydrogens is 359 g/mol. The maximum absolute atomic E-state index is 13.8. The minimum atomic E-state index is -0.371. The predicted molar refractivity (Wildman–Crippen MR) is 103 cm³/mol. The van der Waals surface area contributed by atoms with Gasteiger partial charge in [-0.1, -0.05) is 42.2 Å². The molecule has 3 rings (SSSR count). The summed E-state index contributed by atoms with van der Waals surface area (Å²) >= 11 is 6.44. The summed E-state index contributed by atoms with van der Waals surface area (Å²) in [7, 11) is 1.60. The van der Waals surface area contributed by atoms with Crippen molar-refractivity contribution in [1.29, 1.82) is 0 Å². The zero-order valence-electron chi connectivity index (χ0n) is 13.4.